The van der Waals surface area contributed by atoms with Crippen molar-refractivity contribution >= 4 is 44.8 Å². The lowest BCUT2D eigenvalue weighted by Crippen LogP contribution is -2.41. The van der Waals surface area contributed by atoms with Crippen molar-refractivity contribution < 1.29 is 17.9 Å². The Morgan fingerprint density at radius 2 is 1.69 bits per heavy atom. The number of anilines is 1. The Labute approximate surface area is 197 Å². The van der Waals surface area contributed by atoms with Crippen LogP contribution in [-0.4, -0.2) is 34.5 Å². The number of methoxy groups -OCH3 is 1. The maximum atomic E-state index is 13.3. The monoisotopic (exact) mass is 492 g/mol. The van der Waals surface area contributed by atoms with Gasteiger partial charge < -0.3 is 10.1 Å². The number of amides is 1. The largest absolute Gasteiger partial charge is 0.497 e. The molecule has 0 saturated heterocycles. The number of halogens is 2. The van der Waals surface area contributed by atoms with Gasteiger partial charge in [0.25, 0.3) is 10.0 Å². The highest BCUT2D eigenvalue weighted by atomic mass is 35.5. The molecule has 0 fully saturated rings. The molecule has 6 nitrogen and oxygen atoms in total. The maximum Gasteiger partial charge on any atom is 0.264 e. The summed E-state index contributed by atoms with van der Waals surface area (Å²) in [5, 5.41) is 3.26. The fourth-order valence-corrected chi connectivity index (χ4v) is 5.05. The van der Waals surface area contributed by atoms with E-state index < -0.39 is 22.5 Å². The minimum Gasteiger partial charge on any atom is -0.497 e. The summed E-state index contributed by atoms with van der Waals surface area (Å²) in [6.07, 6.45) is 0.586. The van der Waals surface area contributed by atoms with E-state index in [-0.39, 0.29) is 15.6 Å². The van der Waals surface area contributed by atoms with Crippen LogP contribution < -0.4 is 14.4 Å². The normalized spacial score (nSPS) is 11.1. The van der Waals surface area contributed by atoms with Crippen molar-refractivity contribution in [1.82, 2.24) is 5.32 Å². The molecule has 0 aliphatic carbocycles. The summed E-state index contributed by atoms with van der Waals surface area (Å²) < 4.78 is 32.7. The van der Waals surface area contributed by atoms with Gasteiger partial charge in [-0.3, -0.25) is 9.10 Å². The van der Waals surface area contributed by atoms with Crippen LogP contribution in [0.15, 0.2) is 77.7 Å². The molecule has 0 saturated carbocycles. The van der Waals surface area contributed by atoms with E-state index in [2.05, 4.69) is 5.32 Å². The van der Waals surface area contributed by atoms with E-state index in [1.807, 2.05) is 24.3 Å². The van der Waals surface area contributed by atoms with Crippen molar-refractivity contribution in [2.24, 2.45) is 0 Å². The number of ether oxygens (including phenoxy) is 1. The molecule has 3 aromatic rings. The van der Waals surface area contributed by atoms with E-state index in [0.29, 0.717) is 18.0 Å². The first-order valence-corrected chi connectivity index (χ1v) is 11.9. The molecule has 0 radical (unpaired) electrons. The van der Waals surface area contributed by atoms with Crippen molar-refractivity contribution in [3.8, 4) is 5.75 Å². The van der Waals surface area contributed by atoms with Crippen molar-refractivity contribution in [1.29, 1.82) is 0 Å². The van der Waals surface area contributed by atoms with Crippen molar-refractivity contribution in [2.75, 3.05) is 24.5 Å². The Morgan fingerprint density at radius 1 is 1.00 bits per heavy atom. The van der Waals surface area contributed by atoms with Gasteiger partial charge in [-0.05, 0) is 54.4 Å². The minimum atomic E-state index is -4.04. The zero-order valence-corrected chi connectivity index (χ0v) is 19.6. The Balaban J connectivity index is 1.77. The summed E-state index contributed by atoms with van der Waals surface area (Å²) in [6.45, 7) is -0.0834. The lowest BCUT2D eigenvalue weighted by molar-refractivity contribution is -0.119. The van der Waals surface area contributed by atoms with Gasteiger partial charge >= 0.3 is 0 Å². The molecule has 0 aliphatic heterocycles. The third-order valence-corrected chi connectivity index (χ3v) is 7.00. The fraction of sp³-hybridized carbons (Fsp3) is 0.174. The fourth-order valence-electron chi connectivity index (χ4n) is 3.03. The van der Waals surface area contributed by atoms with Crippen LogP contribution in [0.25, 0.3) is 0 Å². The molecule has 0 aromatic heterocycles. The van der Waals surface area contributed by atoms with Crippen LogP contribution in [0.2, 0.25) is 10.0 Å². The first-order valence-electron chi connectivity index (χ1n) is 9.74. The molecule has 0 atom stereocenters. The highest BCUT2D eigenvalue weighted by molar-refractivity contribution is 7.92. The van der Waals surface area contributed by atoms with E-state index in [9.17, 15) is 13.2 Å². The van der Waals surface area contributed by atoms with Gasteiger partial charge in [-0.1, -0.05) is 53.5 Å². The molecule has 32 heavy (non-hydrogen) atoms. The zero-order chi connectivity index (χ0) is 23.1. The molecular weight excluding hydrogens is 471 g/mol. The molecular formula is C23H22Cl2N2O4S. The molecule has 1 amide bonds. The number of carbonyl (C=O) groups is 1. The second-order valence-electron chi connectivity index (χ2n) is 6.87. The van der Waals surface area contributed by atoms with Gasteiger partial charge in [-0.2, -0.15) is 0 Å². The second kappa shape index (κ2) is 10.7. The van der Waals surface area contributed by atoms with Crippen molar-refractivity contribution in [3.05, 3.63) is 88.4 Å². The standard InChI is InChI=1S/C23H22Cl2N2O4S/c1-31-19-10-7-17(8-11-19)13-14-26-23(28)16-27(22-12-9-18(24)15-21(22)25)32(29,30)20-5-3-2-4-6-20/h2-12,15H,13-14,16H2,1H3,(H,26,28). The number of hydrogen-bond acceptors (Lipinski definition) is 4. The Morgan fingerprint density at radius 3 is 2.31 bits per heavy atom. The highest BCUT2D eigenvalue weighted by Crippen LogP contribution is 2.32. The maximum absolute atomic E-state index is 13.3. The molecule has 0 unspecified atom stereocenters. The lowest BCUT2D eigenvalue weighted by Gasteiger charge is -2.25. The van der Waals surface area contributed by atoms with E-state index in [0.717, 1.165) is 15.6 Å². The molecule has 0 spiro atoms. The van der Waals surface area contributed by atoms with Crippen LogP contribution in [0.1, 0.15) is 5.56 Å². The Hall–Kier alpha value is -2.74. The summed E-state index contributed by atoms with van der Waals surface area (Å²) in [4.78, 5) is 12.7. The molecule has 0 aliphatic rings. The van der Waals surface area contributed by atoms with Gasteiger partial charge in [-0.15, -0.1) is 0 Å². The third kappa shape index (κ3) is 5.94. The molecule has 168 valence electrons. The van der Waals surface area contributed by atoms with Gasteiger partial charge in [-0.25, -0.2) is 8.42 Å². The van der Waals surface area contributed by atoms with E-state index >= 15 is 0 Å². The lowest BCUT2D eigenvalue weighted by atomic mass is 10.1. The first kappa shape index (κ1) is 23.9. The Bertz CT molecular complexity index is 1170. The highest BCUT2D eigenvalue weighted by Gasteiger charge is 2.28. The first-order chi connectivity index (χ1) is 15.3. The van der Waals surface area contributed by atoms with Gasteiger partial charge in [0.1, 0.15) is 12.3 Å². The number of nitrogens with zero attached hydrogens (tertiary/aromatic N) is 1. The van der Waals surface area contributed by atoms with Gasteiger partial charge in [0.2, 0.25) is 5.91 Å². The molecule has 0 heterocycles. The average molecular weight is 493 g/mol. The van der Waals surface area contributed by atoms with E-state index in [4.69, 9.17) is 27.9 Å². The average Bonchev–Trinajstić information content (AvgIpc) is 2.79. The SMILES string of the molecule is COc1ccc(CCNC(=O)CN(c2ccc(Cl)cc2Cl)S(=O)(=O)c2ccccc2)cc1. The van der Waals surface area contributed by atoms with Crippen LogP contribution in [0.4, 0.5) is 5.69 Å². The predicted molar refractivity (Wildman–Crippen MR) is 127 cm³/mol. The van der Waals surface area contributed by atoms with Crippen LogP contribution >= 0.6 is 23.2 Å². The number of rotatable bonds is 9. The minimum absolute atomic E-state index is 0.0528. The van der Waals surface area contributed by atoms with Gasteiger partial charge in [0.15, 0.2) is 0 Å². The third-order valence-electron chi connectivity index (χ3n) is 4.69. The topological polar surface area (TPSA) is 75.7 Å². The molecule has 9 heteroatoms. The predicted octanol–water partition coefficient (Wildman–Crippen LogP) is 4.56. The molecule has 3 rings (SSSR count). The quantitative estimate of drug-likeness (QED) is 0.475. The van der Waals surface area contributed by atoms with Crippen LogP contribution in [0, 0.1) is 0 Å². The van der Waals surface area contributed by atoms with Crippen LogP contribution in [-0.2, 0) is 21.2 Å². The molecule has 1 N–H and O–H groups in total. The summed E-state index contributed by atoms with van der Waals surface area (Å²) in [6, 6.07) is 19.8. The van der Waals surface area contributed by atoms with Gasteiger partial charge in [0, 0.05) is 11.6 Å². The number of benzene rings is 3. The van der Waals surface area contributed by atoms with Crippen molar-refractivity contribution in [3.63, 3.8) is 0 Å². The van der Waals surface area contributed by atoms with E-state index in [1.54, 1.807) is 25.3 Å². The van der Waals surface area contributed by atoms with Gasteiger partial charge in [0.05, 0.1) is 22.7 Å². The summed E-state index contributed by atoms with van der Waals surface area (Å²) >= 11 is 12.2. The second-order valence-corrected chi connectivity index (χ2v) is 9.57. The molecule has 3 aromatic carbocycles. The summed E-state index contributed by atoms with van der Waals surface area (Å²) in [5.74, 6) is 0.295. The number of hydrogen-bond donors (Lipinski definition) is 1. The van der Waals surface area contributed by atoms with Crippen LogP contribution in [0.5, 0.6) is 5.75 Å². The van der Waals surface area contributed by atoms with Crippen molar-refractivity contribution in [2.45, 2.75) is 11.3 Å². The number of carbonyl (C=O) groups excluding carboxylic acids is 1. The van der Waals surface area contributed by atoms with E-state index in [1.165, 1.54) is 30.3 Å². The smallest absolute Gasteiger partial charge is 0.264 e. The number of sulfonamides is 1. The van der Waals surface area contributed by atoms with Crippen LogP contribution in [0.3, 0.4) is 0 Å². The Kier molecular flexibility index (Phi) is 8.01. The summed E-state index contributed by atoms with van der Waals surface area (Å²) in [5.41, 5.74) is 1.19. The summed E-state index contributed by atoms with van der Waals surface area (Å²) in [7, 11) is -2.44. The molecule has 0 bridgehead atoms. The number of nitrogens with one attached hydrogen (secondary N) is 1. The zero-order valence-electron chi connectivity index (χ0n) is 17.3.